The largest absolute Gasteiger partial charge is 1.00 e. The summed E-state index contributed by atoms with van der Waals surface area (Å²) in [6, 6.07) is 19.8. The number of benzene rings is 2. The Morgan fingerprint density at radius 3 is 1.79 bits per heavy atom. The van der Waals surface area contributed by atoms with Crippen molar-refractivity contribution in [1.29, 1.82) is 0 Å². The molecule has 2 aromatic carbocycles. The number of likely N-dealkylation sites (N-methyl/N-ethyl adjacent to an activating group) is 1. The summed E-state index contributed by atoms with van der Waals surface area (Å²) in [5.74, 6) is -1.08. The Labute approximate surface area is 182 Å². The minimum atomic E-state index is -1.08. The number of carboxylic acid groups (broad SMARTS) is 1. The van der Waals surface area contributed by atoms with Crippen LogP contribution in [0.1, 0.15) is 17.2 Å². The molecule has 0 saturated carbocycles. The molecule has 0 N–H and O–H groups in total. The van der Waals surface area contributed by atoms with Gasteiger partial charge >= 0.3 is 29.6 Å². The number of aliphatic carboxylic acids is 1. The number of carboxylic acids is 1. The molecule has 0 aliphatic heterocycles. The summed E-state index contributed by atoms with van der Waals surface area (Å²) in [7, 11) is 3.62. The van der Waals surface area contributed by atoms with Crippen molar-refractivity contribution < 1.29 is 72.7 Å². The third-order valence-electron chi connectivity index (χ3n) is 3.35. The first-order valence-electron chi connectivity index (χ1n) is 7.21. The zero-order valence-electron chi connectivity index (χ0n) is 14.3. The fourth-order valence-corrected chi connectivity index (χ4v) is 2.31. The van der Waals surface area contributed by atoms with E-state index in [-0.39, 0.29) is 77.4 Å². The number of hydrogen-bond acceptors (Lipinski definition) is 3. The van der Waals surface area contributed by atoms with Gasteiger partial charge in [-0.25, -0.2) is 0 Å². The third kappa shape index (κ3) is 7.63. The molecule has 0 atom stereocenters. The van der Waals surface area contributed by atoms with E-state index in [1.807, 2.05) is 74.8 Å². The van der Waals surface area contributed by atoms with E-state index in [0.717, 1.165) is 11.1 Å². The normalized spacial score (nSPS) is 10.6. The zero-order chi connectivity index (χ0) is 16.0. The first-order chi connectivity index (χ1) is 10.5. The molecule has 0 radical (unpaired) electrons. The molecule has 0 amide bonds. The molecule has 0 unspecified atom stereocenters. The third-order valence-corrected chi connectivity index (χ3v) is 3.35. The van der Waals surface area contributed by atoms with Crippen LogP contribution in [0, 0.1) is 0 Å². The van der Waals surface area contributed by atoms with Gasteiger partial charge < -0.3 is 43.1 Å². The van der Waals surface area contributed by atoms with Gasteiger partial charge in [0.1, 0.15) is 12.6 Å². The Hall–Kier alpha value is -0.440. The van der Waals surface area contributed by atoms with Gasteiger partial charge in [-0.05, 0) is 11.1 Å². The first kappa shape index (κ1) is 23.6. The molecule has 0 aliphatic carbocycles. The molecule has 0 aromatic heterocycles. The number of hydrogen-bond donors (Lipinski definition) is 0. The van der Waals surface area contributed by atoms with Crippen molar-refractivity contribution in [2.24, 2.45) is 0 Å². The molecule has 2 rings (SSSR count). The van der Waals surface area contributed by atoms with Gasteiger partial charge in [0, 0.05) is 0 Å². The zero-order valence-corrected chi connectivity index (χ0v) is 18.5. The van der Waals surface area contributed by atoms with Crippen molar-refractivity contribution in [1.82, 2.24) is 0 Å². The van der Waals surface area contributed by atoms with E-state index in [0.29, 0.717) is 0 Å². The van der Waals surface area contributed by atoms with Crippen LogP contribution in [-0.4, -0.2) is 37.8 Å². The molecule has 0 bridgehead atoms. The molecule has 4 nitrogen and oxygen atoms in total. The summed E-state index contributed by atoms with van der Waals surface area (Å²) in [5.41, 5.74) is 2.09. The SMILES string of the molecule is C[N+](C)(COC(c1ccccc1)c1ccccc1)CC(=O)[O-].[I-].[Na+]. The minimum Gasteiger partial charge on any atom is -1.00 e. The molecular formula is C18H21INNaO3. The van der Waals surface area contributed by atoms with Crippen LogP contribution in [0.3, 0.4) is 0 Å². The van der Waals surface area contributed by atoms with Gasteiger partial charge in [-0.2, -0.15) is 0 Å². The van der Waals surface area contributed by atoms with E-state index in [1.54, 1.807) is 0 Å². The maximum atomic E-state index is 10.8. The van der Waals surface area contributed by atoms with Crippen LogP contribution in [0.4, 0.5) is 0 Å². The van der Waals surface area contributed by atoms with E-state index in [1.165, 1.54) is 0 Å². The molecule has 0 heterocycles. The van der Waals surface area contributed by atoms with Gasteiger partial charge in [0.05, 0.1) is 20.1 Å². The van der Waals surface area contributed by atoms with E-state index < -0.39 is 5.97 Å². The summed E-state index contributed by atoms with van der Waals surface area (Å²) >= 11 is 0. The summed E-state index contributed by atoms with van der Waals surface area (Å²) in [5, 5.41) is 10.8. The summed E-state index contributed by atoms with van der Waals surface area (Å²) in [4.78, 5) is 10.8. The van der Waals surface area contributed by atoms with Crippen molar-refractivity contribution in [2.75, 3.05) is 27.4 Å². The molecular weight excluding hydrogens is 428 g/mol. The number of nitrogens with zero attached hydrogens (tertiary/aromatic N) is 1. The fraction of sp³-hybridized carbons (Fsp3) is 0.278. The van der Waals surface area contributed by atoms with Crippen molar-refractivity contribution in [2.45, 2.75) is 6.10 Å². The smallest absolute Gasteiger partial charge is 1.00 e. The number of halogens is 1. The second-order valence-electron chi connectivity index (χ2n) is 5.96. The van der Waals surface area contributed by atoms with E-state index >= 15 is 0 Å². The monoisotopic (exact) mass is 449 g/mol. The molecule has 0 aliphatic rings. The minimum absolute atomic E-state index is 0. The Balaban J connectivity index is 0.00000264. The first-order valence-corrected chi connectivity index (χ1v) is 7.21. The standard InChI is InChI=1S/C18H21NO3.HI.Na/c1-19(2,13-17(20)21)14-22-18(15-9-5-3-6-10-15)16-11-7-4-8-12-16;;/h3-12,18H,13-14H2,1-2H3;1H;/q;;+1/p-1. The molecule has 6 heteroatoms. The molecule has 0 spiro atoms. The van der Waals surface area contributed by atoms with Crippen LogP contribution in [0.15, 0.2) is 60.7 Å². The Bertz CT molecular complexity index is 569. The summed E-state index contributed by atoms with van der Waals surface area (Å²) < 4.78 is 6.27. The number of carbonyl (C=O) groups excluding carboxylic acids is 1. The number of ether oxygens (including phenoxy) is 1. The quantitative estimate of drug-likeness (QED) is 0.186. The molecule has 124 valence electrons. The van der Waals surface area contributed by atoms with Crippen LogP contribution < -0.4 is 58.6 Å². The topological polar surface area (TPSA) is 49.4 Å². The molecule has 2 aromatic rings. The molecule has 24 heavy (non-hydrogen) atoms. The van der Waals surface area contributed by atoms with Crippen LogP contribution in [0.25, 0.3) is 0 Å². The summed E-state index contributed by atoms with van der Waals surface area (Å²) in [6.45, 7) is 0.193. The van der Waals surface area contributed by atoms with Crippen LogP contribution >= 0.6 is 0 Å². The maximum absolute atomic E-state index is 10.8. The fourth-order valence-electron chi connectivity index (χ4n) is 2.31. The van der Waals surface area contributed by atoms with Crippen LogP contribution in [0.5, 0.6) is 0 Å². The molecule has 0 saturated heterocycles. The van der Waals surface area contributed by atoms with Gasteiger partial charge in [-0.1, -0.05) is 60.7 Å². The Kier molecular flexibility index (Phi) is 11.0. The number of carbonyl (C=O) groups is 1. The van der Waals surface area contributed by atoms with Gasteiger partial charge in [-0.15, -0.1) is 0 Å². The number of rotatable bonds is 7. The second-order valence-corrected chi connectivity index (χ2v) is 5.96. The van der Waals surface area contributed by atoms with Crippen molar-refractivity contribution >= 4 is 5.97 Å². The van der Waals surface area contributed by atoms with Crippen LogP contribution in [-0.2, 0) is 9.53 Å². The van der Waals surface area contributed by atoms with Crippen molar-refractivity contribution in [3.63, 3.8) is 0 Å². The molecule has 0 fully saturated rings. The Morgan fingerprint density at radius 2 is 1.42 bits per heavy atom. The van der Waals surface area contributed by atoms with E-state index in [9.17, 15) is 9.90 Å². The van der Waals surface area contributed by atoms with E-state index in [4.69, 9.17) is 4.74 Å². The summed E-state index contributed by atoms with van der Waals surface area (Å²) in [6.07, 6.45) is -0.221. The Morgan fingerprint density at radius 1 is 1.00 bits per heavy atom. The van der Waals surface area contributed by atoms with Gasteiger partial charge in [0.25, 0.3) is 0 Å². The maximum Gasteiger partial charge on any atom is 1.00 e. The predicted octanol–water partition coefficient (Wildman–Crippen LogP) is -4.42. The average Bonchev–Trinajstić information content (AvgIpc) is 2.48. The van der Waals surface area contributed by atoms with E-state index in [2.05, 4.69) is 0 Å². The van der Waals surface area contributed by atoms with Gasteiger partial charge in [0.15, 0.2) is 6.73 Å². The van der Waals surface area contributed by atoms with Crippen molar-refractivity contribution in [3.05, 3.63) is 71.8 Å². The predicted molar refractivity (Wildman–Crippen MR) is 82.7 cm³/mol. The van der Waals surface area contributed by atoms with Crippen molar-refractivity contribution in [3.8, 4) is 0 Å². The van der Waals surface area contributed by atoms with Gasteiger partial charge in [-0.3, -0.25) is 0 Å². The number of quaternary nitrogens is 1. The van der Waals surface area contributed by atoms with Crippen LogP contribution in [0.2, 0.25) is 0 Å². The van der Waals surface area contributed by atoms with Gasteiger partial charge in [0.2, 0.25) is 0 Å². The average molecular weight is 449 g/mol. The second kappa shape index (κ2) is 11.2.